The third-order valence-corrected chi connectivity index (χ3v) is 3.60. The van der Waals surface area contributed by atoms with Gasteiger partial charge in [-0.05, 0) is 36.4 Å². The molecule has 0 atom stereocenters. The first kappa shape index (κ1) is 17.2. The highest BCUT2D eigenvalue weighted by molar-refractivity contribution is 6.03. The summed E-state index contributed by atoms with van der Waals surface area (Å²) in [6, 6.07) is 17.8. The van der Waals surface area contributed by atoms with Crippen molar-refractivity contribution in [1.29, 1.82) is 0 Å². The molecule has 0 fully saturated rings. The molecule has 3 rings (SSSR count). The number of methoxy groups -OCH3 is 2. The van der Waals surface area contributed by atoms with E-state index < -0.39 is 0 Å². The molecule has 0 spiro atoms. The van der Waals surface area contributed by atoms with E-state index in [4.69, 9.17) is 9.47 Å². The van der Waals surface area contributed by atoms with Gasteiger partial charge in [-0.15, -0.1) is 10.2 Å². The SMILES string of the molecule is COc1ccc(Nc2ccc(NC(=O)c3ccccc3)nn2)cc1OC. The Morgan fingerprint density at radius 3 is 2.19 bits per heavy atom. The molecule has 132 valence electrons. The molecule has 0 unspecified atom stereocenters. The number of hydrogen-bond acceptors (Lipinski definition) is 6. The lowest BCUT2D eigenvalue weighted by Crippen LogP contribution is -2.13. The first-order chi connectivity index (χ1) is 12.7. The van der Waals surface area contributed by atoms with E-state index in [2.05, 4.69) is 20.8 Å². The molecule has 2 N–H and O–H groups in total. The second kappa shape index (κ2) is 7.98. The Morgan fingerprint density at radius 2 is 1.54 bits per heavy atom. The van der Waals surface area contributed by atoms with E-state index >= 15 is 0 Å². The lowest BCUT2D eigenvalue weighted by atomic mass is 10.2. The third-order valence-electron chi connectivity index (χ3n) is 3.60. The number of aromatic nitrogens is 2. The Hall–Kier alpha value is -3.61. The Morgan fingerprint density at radius 1 is 0.846 bits per heavy atom. The van der Waals surface area contributed by atoms with Crippen LogP contribution in [-0.2, 0) is 0 Å². The number of nitrogens with one attached hydrogen (secondary N) is 2. The van der Waals surface area contributed by atoms with Crippen molar-refractivity contribution in [3.8, 4) is 11.5 Å². The largest absolute Gasteiger partial charge is 0.493 e. The zero-order valence-corrected chi connectivity index (χ0v) is 14.4. The van der Waals surface area contributed by atoms with Crippen LogP contribution >= 0.6 is 0 Å². The molecule has 1 amide bonds. The maximum atomic E-state index is 12.1. The molecule has 26 heavy (non-hydrogen) atoms. The predicted octanol–water partition coefficient (Wildman–Crippen LogP) is 3.49. The summed E-state index contributed by atoms with van der Waals surface area (Å²) >= 11 is 0. The van der Waals surface area contributed by atoms with Crippen LogP contribution in [0.1, 0.15) is 10.4 Å². The van der Waals surface area contributed by atoms with Crippen molar-refractivity contribution >= 4 is 23.2 Å². The summed E-state index contributed by atoms with van der Waals surface area (Å²) in [5.41, 5.74) is 1.33. The van der Waals surface area contributed by atoms with Crippen LogP contribution in [0.25, 0.3) is 0 Å². The normalized spacial score (nSPS) is 10.1. The van der Waals surface area contributed by atoms with Gasteiger partial charge in [0, 0.05) is 17.3 Å². The number of benzene rings is 2. The van der Waals surface area contributed by atoms with Crippen molar-refractivity contribution in [1.82, 2.24) is 10.2 Å². The second-order valence-corrected chi connectivity index (χ2v) is 5.32. The van der Waals surface area contributed by atoms with Crippen LogP contribution in [0.4, 0.5) is 17.3 Å². The summed E-state index contributed by atoms with van der Waals surface area (Å²) in [6.45, 7) is 0. The van der Waals surface area contributed by atoms with Crippen molar-refractivity contribution in [2.24, 2.45) is 0 Å². The number of anilines is 3. The minimum atomic E-state index is -0.236. The van der Waals surface area contributed by atoms with Crippen LogP contribution in [0, 0.1) is 0 Å². The van der Waals surface area contributed by atoms with Gasteiger partial charge in [0.05, 0.1) is 14.2 Å². The van der Waals surface area contributed by atoms with Crippen molar-refractivity contribution in [2.45, 2.75) is 0 Å². The molecule has 7 heteroatoms. The van der Waals surface area contributed by atoms with Gasteiger partial charge >= 0.3 is 0 Å². The number of hydrogen-bond donors (Lipinski definition) is 2. The minimum absolute atomic E-state index is 0.236. The van der Waals surface area contributed by atoms with Crippen LogP contribution < -0.4 is 20.1 Å². The average Bonchev–Trinajstić information content (AvgIpc) is 2.70. The summed E-state index contributed by atoms with van der Waals surface area (Å²) in [5, 5.41) is 13.9. The fraction of sp³-hybridized carbons (Fsp3) is 0.105. The van der Waals surface area contributed by atoms with E-state index in [1.807, 2.05) is 12.1 Å². The molecular formula is C19H18N4O3. The molecule has 1 aromatic heterocycles. The quantitative estimate of drug-likeness (QED) is 0.708. The molecule has 1 heterocycles. The Kier molecular flexibility index (Phi) is 5.28. The monoisotopic (exact) mass is 350 g/mol. The van der Waals surface area contributed by atoms with Crippen molar-refractivity contribution in [2.75, 3.05) is 24.9 Å². The van der Waals surface area contributed by atoms with Gasteiger partial charge in [-0.1, -0.05) is 18.2 Å². The first-order valence-corrected chi connectivity index (χ1v) is 7.89. The highest BCUT2D eigenvalue weighted by Crippen LogP contribution is 2.30. The molecule has 0 aliphatic rings. The standard InChI is InChI=1S/C19H18N4O3/c1-25-15-9-8-14(12-16(15)26-2)20-17-10-11-18(23-22-17)21-19(24)13-6-4-3-5-7-13/h3-12H,1-2H3,(H,20,22)(H,21,23,24). The number of rotatable bonds is 6. The second-order valence-electron chi connectivity index (χ2n) is 5.32. The molecule has 7 nitrogen and oxygen atoms in total. The fourth-order valence-corrected chi connectivity index (χ4v) is 2.31. The first-order valence-electron chi connectivity index (χ1n) is 7.89. The summed E-state index contributed by atoms with van der Waals surface area (Å²) in [7, 11) is 3.16. The smallest absolute Gasteiger partial charge is 0.256 e. The van der Waals surface area contributed by atoms with Gasteiger partial charge in [0.15, 0.2) is 23.1 Å². The summed E-state index contributed by atoms with van der Waals surface area (Å²) in [5.74, 6) is 1.92. The molecule has 0 radical (unpaired) electrons. The van der Waals surface area contributed by atoms with Crippen LogP contribution in [0.3, 0.4) is 0 Å². The van der Waals surface area contributed by atoms with Gasteiger partial charge in [0.1, 0.15) is 0 Å². The van der Waals surface area contributed by atoms with Crippen LogP contribution in [-0.4, -0.2) is 30.3 Å². The maximum Gasteiger partial charge on any atom is 0.256 e. The molecular weight excluding hydrogens is 332 g/mol. The van der Waals surface area contributed by atoms with Crippen molar-refractivity contribution in [3.63, 3.8) is 0 Å². The van der Waals surface area contributed by atoms with E-state index in [-0.39, 0.29) is 5.91 Å². The van der Waals surface area contributed by atoms with Crippen LogP contribution in [0.2, 0.25) is 0 Å². The van der Waals surface area contributed by atoms with Gasteiger partial charge in [-0.3, -0.25) is 4.79 Å². The summed E-state index contributed by atoms with van der Waals surface area (Å²) in [6.07, 6.45) is 0. The lowest BCUT2D eigenvalue weighted by molar-refractivity contribution is 0.102. The van der Waals surface area contributed by atoms with E-state index in [1.54, 1.807) is 62.8 Å². The summed E-state index contributed by atoms with van der Waals surface area (Å²) in [4.78, 5) is 12.1. The Labute approximate surface area is 151 Å². The Balaban J connectivity index is 1.67. The van der Waals surface area contributed by atoms with Gasteiger partial charge in [0.2, 0.25) is 0 Å². The predicted molar refractivity (Wildman–Crippen MR) is 99.3 cm³/mol. The zero-order valence-electron chi connectivity index (χ0n) is 14.4. The highest BCUT2D eigenvalue weighted by Gasteiger charge is 2.08. The van der Waals surface area contributed by atoms with Gasteiger partial charge in [0.25, 0.3) is 5.91 Å². The molecule has 0 aliphatic carbocycles. The van der Waals surface area contributed by atoms with Crippen molar-refractivity contribution < 1.29 is 14.3 Å². The third kappa shape index (κ3) is 4.07. The van der Waals surface area contributed by atoms with Crippen molar-refractivity contribution in [3.05, 3.63) is 66.2 Å². The number of carbonyl (C=O) groups excluding carboxylic acids is 1. The number of nitrogens with zero attached hydrogens (tertiary/aromatic N) is 2. The lowest BCUT2D eigenvalue weighted by Gasteiger charge is -2.11. The highest BCUT2D eigenvalue weighted by atomic mass is 16.5. The fourth-order valence-electron chi connectivity index (χ4n) is 2.31. The van der Waals surface area contributed by atoms with Gasteiger partial charge in [-0.25, -0.2) is 0 Å². The maximum absolute atomic E-state index is 12.1. The molecule has 0 bridgehead atoms. The number of carbonyl (C=O) groups is 1. The van der Waals surface area contributed by atoms with E-state index in [9.17, 15) is 4.79 Å². The molecule has 0 saturated carbocycles. The van der Waals surface area contributed by atoms with Gasteiger partial charge in [-0.2, -0.15) is 0 Å². The molecule has 3 aromatic rings. The topological polar surface area (TPSA) is 85.4 Å². The number of ether oxygens (including phenoxy) is 2. The van der Waals surface area contributed by atoms with E-state index in [1.165, 1.54) is 0 Å². The van der Waals surface area contributed by atoms with Gasteiger partial charge < -0.3 is 20.1 Å². The number of amides is 1. The van der Waals surface area contributed by atoms with Crippen LogP contribution in [0.5, 0.6) is 11.5 Å². The van der Waals surface area contributed by atoms with E-state index in [0.717, 1.165) is 5.69 Å². The average molecular weight is 350 g/mol. The zero-order chi connectivity index (χ0) is 18.4. The van der Waals surface area contributed by atoms with Crippen LogP contribution in [0.15, 0.2) is 60.7 Å². The molecule has 2 aromatic carbocycles. The van der Waals surface area contributed by atoms with E-state index in [0.29, 0.717) is 28.7 Å². The minimum Gasteiger partial charge on any atom is -0.493 e. The molecule has 0 aliphatic heterocycles. The Bertz CT molecular complexity index is 883. The molecule has 0 saturated heterocycles. The summed E-state index contributed by atoms with van der Waals surface area (Å²) < 4.78 is 10.5.